The van der Waals surface area contributed by atoms with Crippen LogP contribution in [0.1, 0.15) is 0 Å². The molecule has 0 atom stereocenters. The van der Waals surface area contributed by atoms with E-state index in [2.05, 4.69) is 0 Å². The fraction of sp³-hybridized carbons (Fsp3) is 0. The minimum absolute atomic E-state index is 0. The fourth-order valence-electron chi connectivity index (χ4n) is 0. The first-order valence-electron chi connectivity index (χ1n) is 0.943. The smallest absolute Gasteiger partial charge is 2.00 e. The van der Waals surface area contributed by atoms with Gasteiger partial charge in [-0.1, -0.05) is 0 Å². The van der Waals surface area contributed by atoms with Gasteiger partial charge >= 0.3 is 61.8 Å². The second-order valence-corrected chi connectivity index (χ2v) is 0.192. The summed E-state index contributed by atoms with van der Waals surface area (Å²) in [6.07, 6.45) is 0. The van der Waals surface area contributed by atoms with Gasteiger partial charge < -0.3 is 0 Å². The van der Waals surface area contributed by atoms with E-state index in [0.717, 1.165) is 0 Å². The summed E-state index contributed by atoms with van der Waals surface area (Å²) in [5.41, 5.74) is 0. The van der Waals surface area contributed by atoms with Crippen LogP contribution in [0.3, 0.4) is 0 Å². The van der Waals surface area contributed by atoms with Crippen molar-refractivity contribution in [3.8, 4) is 0 Å². The van der Waals surface area contributed by atoms with Gasteiger partial charge in [0.05, 0.1) is 0 Å². The summed E-state index contributed by atoms with van der Waals surface area (Å²) in [5, 5.41) is 16.5. The second-order valence-electron chi connectivity index (χ2n) is 0.192. The Morgan fingerprint density at radius 3 is 1.00 bits per heavy atom. The molecule has 0 rings (SSSR count). The zero-order chi connectivity index (χ0) is 5.41. The molecule has 0 amide bonds. The van der Waals surface area contributed by atoms with Crippen LogP contribution in [-0.4, -0.2) is 14.7 Å². The van der Waals surface area contributed by atoms with Gasteiger partial charge in [0.15, 0.2) is 0 Å². The minimum Gasteiger partial charge on any atom is 2.00 e. The van der Waals surface area contributed by atoms with E-state index in [9.17, 15) is 0 Å². The maximum absolute atomic E-state index is 8.25. The van der Waals surface area contributed by atoms with Crippen LogP contribution in [0.4, 0.5) is 0 Å². The predicted molar refractivity (Wildman–Crippen MR) is 12.9 cm³/mol. The Labute approximate surface area is 62.0 Å². The average Bonchev–Trinajstić information content (AvgIpc) is 1.39. The first-order valence-corrected chi connectivity index (χ1v) is 0.943. The Balaban J connectivity index is -0.0000000400. The van der Waals surface area contributed by atoms with Gasteiger partial charge in [-0.15, -0.1) is 0 Å². The minimum atomic E-state index is -0.500. The zero-order valence-electron chi connectivity index (χ0n) is 3.49. The van der Waals surface area contributed by atoms with Crippen molar-refractivity contribution in [3.63, 3.8) is 0 Å². The molecule has 0 radical (unpaired) electrons. The summed E-state index contributed by atoms with van der Waals surface area (Å²) in [7, 11) is -1.00. The van der Waals surface area contributed by atoms with E-state index in [1.807, 2.05) is 0 Å². The predicted octanol–water partition coefficient (Wildman–Crippen LogP) is -3.38. The Morgan fingerprint density at radius 1 is 1.00 bits per heavy atom. The summed E-state index contributed by atoms with van der Waals surface area (Å²) in [4.78, 5) is 0. The fourth-order valence-corrected chi connectivity index (χ4v) is 0. The zero-order valence-corrected chi connectivity index (χ0v) is 8.99. The van der Waals surface area contributed by atoms with Gasteiger partial charge in [0, 0.05) is 0 Å². The van der Waals surface area contributed by atoms with Crippen molar-refractivity contribution in [3.05, 3.63) is 0 Å². The maximum Gasteiger partial charge on any atom is 2.00 e. The van der Waals surface area contributed by atoms with E-state index >= 15 is 0 Å². The van der Waals surface area contributed by atoms with Crippen molar-refractivity contribution < 1.29 is 47.1 Å². The van der Waals surface area contributed by atoms with E-state index in [4.69, 9.17) is 19.5 Å². The molecule has 0 unspecified atom stereocenters. The summed E-state index contributed by atoms with van der Waals surface area (Å²) >= 11 is 0. The number of hydrogen-bond donors (Lipinski definition) is 0. The van der Waals surface area contributed by atoms with Crippen LogP contribution in [0.5, 0.6) is 0 Å². The molecule has 4 nitrogen and oxygen atoms in total. The van der Waals surface area contributed by atoms with Gasteiger partial charge in [-0.25, -0.2) is 0 Å². The number of rotatable bonds is 0. The van der Waals surface area contributed by atoms with E-state index < -0.39 is 14.7 Å². The van der Waals surface area contributed by atoms with E-state index in [1.165, 1.54) is 0 Å². The van der Waals surface area contributed by atoms with Crippen molar-refractivity contribution in [1.29, 1.82) is 0 Å². The van der Waals surface area contributed by atoms with Crippen LogP contribution in [0.25, 0.3) is 0 Å². The molecule has 0 aliphatic rings. The third kappa shape index (κ3) is 1620. The summed E-state index contributed by atoms with van der Waals surface area (Å²) in [6, 6.07) is 0. The van der Waals surface area contributed by atoms with Gasteiger partial charge in [-0.05, 0) is 0 Å². The van der Waals surface area contributed by atoms with Gasteiger partial charge in [-0.3, -0.25) is 0 Å². The van der Waals surface area contributed by atoms with E-state index in [0.29, 0.717) is 0 Å². The molecular weight excluding hydrogens is 286 g/mol. The Kier molecular flexibility index (Phi) is 75.8. The molecule has 32 valence electrons. The molecule has 7 heavy (non-hydrogen) atoms. The molecule has 7 heteroatoms. The summed E-state index contributed by atoms with van der Waals surface area (Å²) in [5.74, 6) is 0. The molecule has 0 bridgehead atoms. The molecule has 0 N–H and O–H groups in total. The number of hydrogen-bond acceptors (Lipinski definition) is 4. The first-order chi connectivity index (χ1) is 2.83. The van der Waals surface area contributed by atoms with Crippen LogP contribution < -0.4 is 10.0 Å². The quantitative estimate of drug-likeness (QED) is 0.435. The molecule has 0 aromatic carbocycles. The molecular formula is B2HgO4. The van der Waals surface area contributed by atoms with Crippen molar-refractivity contribution in [2.45, 2.75) is 0 Å². The topological polar surface area (TPSA) is 80.3 Å². The SMILES string of the molecule is O=B[O-].O=B[O-].[Hg+2]. The molecule has 0 spiro atoms. The third-order valence-corrected chi connectivity index (χ3v) is 0. The average molecular weight is 286 g/mol. The van der Waals surface area contributed by atoms with Crippen molar-refractivity contribution in [1.82, 2.24) is 0 Å². The Hall–Kier alpha value is 0.265. The molecule has 0 aliphatic carbocycles. The van der Waals surface area contributed by atoms with Crippen LogP contribution in [0, 0.1) is 0 Å². The van der Waals surface area contributed by atoms with E-state index in [-0.39, 0.29) is 27.7 Å². The second kappa shape index (κ2) is 33.9. The molecule has 0 aromatic rings. The Morgan fingerprint density at radius 2 is 1.00 bits per heavy atom. The van der Waals surface area contributed by atoms with Crippen LogP contribution in [0.2, 0.25) is 0 Å². The first kappa shape index (κ1) is 15.7. The van der Waals surface area contributed by atoms with Crippen LogP contribution >= 0.6 is 0 Å². The standard InChI is InChI=1S/2BO2.Hg/c2*2-1-3;/q2*-1;+2. The monoisotopic (exact) mass is 288 g/mol. The summed E-state index contributed by atoms with van der Waals surface area (Å²) < 4.78 is 16.5. The normalized spacial score (nSPS) is 2.29. The summed E-state index contributed by atoms with van der Waals surface area (Å²) in [6.45, 7) is 0. The molecule has 0 aromatic heterocycles. The molecule has 0 saturated heterocycles. The van der Waals surface area contributed by atoms with Gasteiger partial charge in [0.2, 0.25) is 0 Å². The van der Waals surface area contributed by atoms with Crippen LogP contribution in [0.15, 0.2) is 0 Å². The van der Waals surface area contributed by atoms with Crippen LogP contribution in [-0.2, 0) is 37.1 Å². The van der Waals surface area contributed by atoms with E-state index in [1.54, 1.807) is 0 Å². The van der Waals surface area contributed by atoms with Crippen molar-refractivity contribution in [2.75, 3.05) is 0 Å². The molecule has 0 saturated carbocycles. The van der Waals surface area contributed by atoms with Gasteiger partial charge in [0.1, 0.15) is 0 Å². The van der Waals surface area contributed by atoms with Crippen molar-refractivity contribution >= 4 is 14.7 Å². The Bertz CT molecular complexity index is 30.7. The molecule has 0 heterocycles. The van der Waals surface area contributed by atoms with Gasteiger partial charge in [0.25, 0.3) is 0 Å². The third-order valence-electron chi connectivity index (χ3n) is 0. The maximum atomic E-state index is 8.25. The van der Waals surface area contributed by atoms with Crippen molar-refractivity contribution in [2.24, 2.45) is 0 Å². The van der Waals surface area contributed by atoms with Gasteiger partial charge in [-0.2, -0.15) is 0 Å². The largest absolute Gasteiger partial charge is 2.00 e. The molecule has 0 fully saturated rings. The molecule has 0 aliphatic heterocycles.